The quantitative estimate of drug-likeness (QED) is 0.885. The lowest BCUT2D eigenvalue weighted by atomic mass is 10.3. The maximum absolute atomic E-state index is 13.0. The summed E-state index contributed by atoms with van der Waals surface area (Å²) in [5.74, 6) is 0.833. The minimum absolute atomic E-state index is 0.328. The van der Waals surface area contributed by atoms with Crippen molar-refractivity contribution < 1.29 is 9.13 Å². The molecule has 0 unspecified atom stereocenters. The Morgan fingerprint density at radius 1 is 1.47 bits per heavy atom. The Balaban J connectivity index is 2.29. The van der Waals surface area contributed by atoms with Gasteiger partial charge in [0.25, 0.3) is 0 Å². The second kappa shape index (κ2) is 4.86. The molecule has 0 atom stereocenters. The van der Waals surface area contributed by atoms with Crippen molar-refractivity contribution >= 4 is 11.6 Å². The number of nitrogens with zero attached hydrogens (tertiary/aromatic N) is 2. The third kappa shape index (κ3) is 2.38. The number of benzene rings is 1. The maximum atomic E-state index is 13.0. The lowest BCUT2D eigenvalue weighted by Crippen LogP contribution is -2.02. The highest BCUT2D eigenvalue weighted by atomic mass is 19.1. The van der Waals surface area contributed by atoms with Crippen LogP contribution in [0.15, 0.2) is 30.6 Å². The number of methoxy groups -OCH3 is 1. The molecule has 0 amide bonds. The summed E-state index contributed by atoms with van der Waals surface area (Å²) in [6.45, 7) is 2.83. The molecule has 90 valence electrons. The first kappa shape index (κ1) is 11.4. The molecule has 0 saturated heterocycles. The number of halogens is 1. The van der Waals surface area contributed by atoms with Crippen LogP contribution in [0.3, 0.4) is 0 Å². The van der Waals surface area contributed by atoms with Crippen molar-refractivity contribution in [2.24, 2.45) is 0 Å². The van der Waals surface area contributed by atoms with Crippen LogP contribution in [0.25, 0.3) is 0 Å². The second-order valence-corrected chi connectivity index (χ2v) is 3.51. The number of rotatable bonds is 4. The van der Waals surface area contributed by atoms with Crippen LogP contribution in [0.1, 0.15) is 6.92 Å². The maximum Gasteiger partial charge on any atom is 0.207 e. The number of aromatic nitrogens is 2. The zero-order chi connectivity index (χ0) is 12.3. The molecule has 5 heteroatoms. The van der Waals surface area contributed by atoms with Crippen LogP contribution in [0.5, 0.6) is 5.75 Å². The van der Waals surface area contributed by atoms with Crippen molar-refractivity contribution in [3.8, 4) is 5.75 Å². The lowest BCUT2D eigenvalue weighted by Gasteiger charge is -2.11. The molecule has 0 spiro atoms. The van der Waals surface area contributed by atoms with Gasteiger partial charge in [-0.05, 0) is 19.1 Å². The fraction of sp³-hybridized carbons (Fsp3) is 0.250. The number of aryl methyl sites for hydroxylation is 1. The Morgan fingerprint density at radius 3 is 3.00 bits per heavy atom. The number of ether oxygens (including phenoxy) is 1. The Bertz CT molecular complexity index is 510. The molecule has 1 heterocycles. The number of imidazole rings is 1. The molecule has 0 saturated carbocycles. The standard InChI is InChI=1S/C12H14FN3O/c1-3-16-7-6-14-12(16)15-10-5-4-9(13)8-11(10)17-2/h4-8H,3H2,1-2H3,(H,14,15). The van der Waals surface area contributed by atoms with Gasteiger partial charge in [-0.1, -0.05) is 0 Å². The highest BCUT2D eigenvalue weighted by Gasteiger charge is 2.07. The minimum atomic E-state index is -0.328. The Hall–Kier alpha value is -2.04. The van der Waals surface area contributed by atoms with Crippen LogP contribution in [-0.4, -0.2) is 16.7 Å². The van der Waals surface area contributed by atoms with Gasteiger partial charge in [0.05, 0.1) is 12.8 Å². The highest BCUT2D eigenvalue weighted by Crippen LogP contribution is 2.27. The molecular weight excluding hydrogens is 221 g/mol. The number of anilines is 2. The minimum Gasteiger partial charge on any atom is -0.494 e. The predicted octanol–water partition coefficient (Wildman–Crippen LogP) is 2.79. The number of hydrogen-bond acceptors (Lipinski definition) is 3. The van der Waals surface area contributed by atoms with Crippen molar-refractivity contribution in [2.45, 2.75) is 13.5 Å². The van der Waals surface area contributed by atoms with Gasteiger partial charge < -0.3 is 14.6 Å². The molecule has 0 radical (unpaired) electrons. The highest BCUT2D eigenvalue weighted by molar-refractivity contribution is 5.62. The zero-order valence-electron chi connectivity index (χ0n) is 9.77. The summed E-state index contributed by atoms with van der Waals surface area (Å²) < 4.78 is 20.1. The summed E-state index contributed by atoms with van der Waals surface area (Å²) in [5.41, 5.74) is 0.690. The Morgan fingerprint density at radius 2 is 2.29 bits per heavy atom. The normalized spacial score (nSPS) is 10.3. The third-order valence-electron chi connectivity index (χ3n) is 2.47. The summed E-state index contributed by atoms with van der Waals surface area (Å²) >= 11 is 0. The van der Waals surface area contributed by atoms with Crippen molar-refractivity contribution in [1.29, 1.82) is 0 Å². The van der Waals surface area contributed by atoms with E-state index in [-0.39, 0.29) is 5.82 Å². The first-order valence-corrected chi connectivity index (χ1v) is 5.36. The average molecular weight is 235 g/mol. The molecule has 2 aromatic rings. The summed E-state index contributed by atoms with van der Waals surface area (Å²) in [7, 11) is 1.51. The van der Waals surface area contributed by atoms with Gasteiger partial charge in [-0.15, -0.1) is 0 Å². The molecule has 0 fully saturated rings. The van der Waals surface area contributed by atoms with Crippen LogP contribution in [0.4, 0.5) is 16.0 Å². The van der Waals surface area contributed by atoms with E-state index < -0.39 is 0 Å². The van der Waals surface area contributed by atoms with Crippen LogP contribution in [0, 0.1) is 5.82 Å². The molecule has 2 rings (SSSR count). The monoisotopic (exact) mass is 235 g/mol. The molecular formula is C12H14FN3O. The zero-order valence-corrected chi connectivity index (χ0v) is 9.77. The van der Waals surface area contributed by atoms with Crippen LogP contribution < -0.4 is 10.1 Å². The summed E-state index contributed by atoms with van der Waals surface area (Å²) in [6, 6.07) is 4.34. The van der Waals surface area contributed by atoms with Gasteiger partial charge in [0.1, 0.15) is 11.6 Å². The summed E-state index contributed by atoms with van der Waals surface area (Å²) in [6.07, 6.45) is 3.58. The molecule has 0 aliphatic heterocycles. The Kier molecular flexibility index (Phi) is 3.27. The van der Waals surface area contributed by atoms with Crippen molar-refractivity contribution in [1.82, 2.24) is 9.55 Å². The van der Waals surface area contributed by atoms with E-state index in [0.29, 0.717) is 17.4 Å². The SMILES string of the molecule is CCn1ccnc1Nc1ccc(F)cc1OC. The molecule has 17 heavy (non-hydrogen) atoms. The van der Waals surface area contributed by atoms with Crippen LogP contribution in [-0.2, 0) is 6.54 Å². The lowest BCUT2D eigenvalue weighted by molar-refractivity contribution is 0.413. The Labute approximate surface area is 99.1 Å². The van der Waals surface area contributed by atoms with Gasteiger partial charge in [-0.3, -0.25) is 0 Å². The third-order valence-corrected chi connectivity index (χ3v) is 2.47. The van der Waals surface area contributed by atoms with Crippen molar-refractivity contribution in [3.05, 3.63) is 36.4 Å². The second-order valence-electron chi connectivity index (χ2n) is 3.51. The molecule has 1 N–H and O–H groups in total. The van der Waals surface area contributed by atoms with Crippen molar-refractivity contribution in [3.63, 3.8) is 0 Å². The van der Waals surface area contributed by atoms with Gasteiger partial charge in [0.15, 0.2) is 0 Å². The number of nitrogens with one attached hydrogen (secondary N) is 1. The van der Waals surface area contributed by atoms with Gasteiger partial charge >= 0.3 is 0 Å². The van der Waals surface area contributed by atoms with E-state index in [1.54, 1.807) is 12.3 Å². The van der Waals surface area contributed by atoms with E-state index >= 15 is 0 Å². The molecule has 0 aliphatic rings. The number of hydrogen-bond donors (Lipinski definition) is 1. The predicted molar refractivity (Wildman–Crippen MR) is 64.1 cm³/mol. The first-order valence-electron chi connectivity index (χ1n) is 5.36. The molecule has 0 bridgehead atoms. The molecule has 0 aliphatic carbocycles. The van der Waals surface area contributed by atoms with Gasteiger partial charge in [0, 0.05) is 25.0 Å². The molecule has 4 nitrogen and oxygen atoms in total. The van der Waals surface area contributed by atoms with Crippen LogP contribution in [0.2, 0.25) is 0 Å². The smallest absolute Gasteiger partial charge is 0.207 e. The molecule has 1 aromatic carbocycles. The molecule has 1 aromatic heterocycles. The van der Waals surface area contributed by atoms with E-state index in [9.17, 15) is 4.39 Å². The fourth-order valence-corrected chi connectivity index (χ4v) is 1.58. The van der Waals surface area contributed by atoms with E-state index in [1.165, 1.54) is 19.2 Å². The summed E-state index contributed by atoms with van der Waals surface area (Å²) in [5, 5.41) is 3.11. The summed E-state index contributed by atoms with van der Waals surface area (Å²) in [4.78, 5) is 4.18. The van der Waals surface area contributed by atoms with E-state index in [4.69, 9.17) is 4.74 Å². The average Bonchev–Trinajstić information content (AvgIpc) is 2.78. The van der Waals surface area contributed by atoms with Crippen LogP contribution >= 0.6 is 0 Å². The van der Waals surface area contributed by atoms with E-state index in [0.717, 1.165) is 6.54 Å². The van der Waals surface area contributed by atoms with Gasteiger partial charge in [-0.2, -0.15) is 0 Å². The largest absolute Gasteiger partial charge is 0.494 e. The van der Waals surface area contributed by atoms with Gasteiger partial charge in [0.2, 0.25) is 5.95 Å². The van der Waals surface area contributed by atoms with Gasteiger partial charge in [-0.25, -0.2) is 9.37 Å². The first-order chi connectivity index (χ1) is 8.24. The van der Waals surface area contributed by atoms with Crippen molar-refractivity contribution in [2.75, 3.05) is 12.4 Å². The van der Waals surface area contributed by atoms with E-state index in [1.807, 2.05) is 17.7 Å². The van der Waals surface area contributed by atoms with E-state index in [2.05, 4.69) is 10.3 Å². The topological polar surface area (TPSA) is 39.1 Å². The fourth-order valence-electron chi connectivity index (χ4n) is 1.58.